The summed E-state index contributed by atoms with van der Waals surface area (Å²) in [4.78, 5) is 2.77. The van der Waals surface area contributed by atoms with Gasteiger partial charge in [-0.25, -0.2) is 0 Å². The molecule has 2 aliphatic rings. The van der Waals surface area contributed by atoms with Crippen LogP contribution in [-0.4, -0.2) is 50.3 Å². The second-order valence-electron chi connectivity index (χ2n) is 7.64. The minimum atomic E-state index is 0.436. The Bertz CT molecular complexity index is 281. The predicted octanol–water partition coefficient (Wildman–Crippen LogP) is 3.29. The van der Waals surface area contributed by atoms with E-state index in [2.05, 4.69) is 31.0 Å². The van der Waals surface area contributed by atoms with E-state index in [1.165, 1.54) is 51.6 Å². The lowest BCUT2D eigenvalue weighted by Gasteiger charge is -2.43. The first-order valence-corrected chi connectivity index (χ1v) is 9.18. The Hall–Kier alpha value is -0.120. The minimum absolute atomic E-state index is 0.436. The van der Waals surface area contributed by atoms with Crippen LogP contribution in [0.3, 0.4) is 0 Å². The number of rotatable bonds is 8. The van der Waals surface area contributed by atoms with Crippen LogP contribution in [-0.2, 0) is 4.74 Å². The molecule has 0 bridgehead atoms. The van der Waals surface area contributed by atoms with Crippen LogP contribution in [0.5, 0.6) is 0 Å². The highest BCUT2D eigenvalue weighted by Gasteiger charge is 2.36. The summed E-state index contributed by atoms with van der Waals surface area (Å²) in [5.41, 5.74) is 0.436. The maximum absolute atomic E-state index is 5.65. The summed E-state index contributed by atoms with van der Waals surface area (Å²) in [6, 6.07) is 0.847. The zero-order valence-corrected chi connectivity index (χ0v) is 14.5. The lowest BCUT2D eigenvalue weighted by Crippen LogP contribution is -2.50. The van der Waals surface area contributed by atoms with Crippen LogP contribution in [0, 0.1) is 11.3 Å². The first-order chi connectivity index (χ1) is 10.2. The van der Waals surface area contributed by atoms with Crippen molar-refractivity contribution >= 4 is 0 Å². The molecule has 0 aromatic carbocycles. The first-order valence-electron chi connectivity index (χ1n) is 9.18. The van der Waals surface area contributed by atoms with Crippen LogP contribution in [0.25, 0.3) is 0 Å². The zero-order chi connectivity index (χ0) is 15.1. The lowest BCUT2D eigenvalue weighted by atomic mass is 9.79. The molecule has 0 spiro atoms. The van der Waals surface area contributed by atoms with E-state index in [0.717, 1.165) is 38.3 Å². The van der Waals surface area contributed by atoms with E-state index >= 15 is 0 Å². The fraction of sp³-hybridized carbons (Fsp3) is 1.00. The number of hydrogen-bond acceptors (Lipinski definition) is 3. The van der Waals surface area contributed by atoms with Gasteiger partial charge in [0, 0.05) is 32.3 Å². The van der Waals surface area contributed by atoms with Crippen molar-refractivity contribution in [3.05, 3.63) is 0 Å². The van der Waals surface area contributed by atoms with Crippen LogP contribution in [0.1, 0.15) is 59.3 Å². The van der Waals surface area contributed by atoms with E-state index < -0.39 is 0 Å². The van der Waals surface area contributed by atoms with Crippen molar-refractivity contribution in [2.45, 2.75) is 65.3 Å². The molecule has 0 aromatic heterocycles. The van der Waals surface area contributed by atoms with Crippen LogP contribution in [0.4, 0.5) is 0 Å². The Morgan fingerprint density at radius 1 is 1.19 bits per heavy atom. The van der Waals surface area contributed by atoms with E-state index in [0.29, 0.717) is 5.41 Å². The van der Waals surface area contributed by atoms with Gasteiger partial charge in [-0.2, -0.15) is 0 Å². The van der Waals surface area contributed by atoms with Crippen LogP contribution >= 0.6 is 0 Å². The van der Waals surface area contributed by atoms with Gasteiger partial charge < -0.3 is 15.0 Å². The number of ether oxygens (including phenoxy) is 1. The lowest BCUT2D eigenvalue weighted by molar-refractivity contribution is -0.0107. The summed E-state index contributed by atoms with van der Waals surface area (Å²) in [5, 5.41) is 3.73. The van der Waals surface area contributed by atoms with E-state index in [1.54, 1.807) is 0 Å². The Labute approximate surface area is 131 Å². The van der Waals surface area contributed by atoms with Gasteiger partial charge in [0.25, 0.3) is 0 Å². The van der Waals surface area contributed by atoms with Gasteiger partial charge in [-0.05, 0) is 50.1 Å². The maximum Gasteiger partial charge on any atom is 0.0472 e. The fourth-order valence-electron chi connectivity index (χ4n) is 4.02. The topological polar surface area (TPSA) is 24.5 Å². The van der Waals surface area contributed by atoms with Crippen molar-refractivity contribution < 1.29 is 4.74 Å². The molecule has 1 heterocycles. The molecule has 3 nitrogen and oxygen atoms in total. The molecule has 0 amide bonds. The van der Waals surface area contributed by atoms with Gasteiger partial charge in [0.05, 0.1) is 0 Å². The molecule has 1 aliphatic heterocycles. The van der Waals surface area contributed by atoms with Gasteiger partial charge in [-0.1, -0.05) is 33.6 Å². The average Bonchev–Trinajstić information content (AvgIpc) is 2.99. The van der Waals surface area contributed by atoms with Crippen LogP contribution < -0.4 is 5.32 Å². The molecule has 21 heavy (non-hydrogen) atoms. The number of hydrogen-bond donors (Lipinski definition) is 1. The Morgan fingerprint density at radius 2 is 1.86 bits per heavy atom. The molecule has 0 unspecified atom stereocenters. The normalized spacial score (nSPS) is 23.3. The van der Waals surface area contributed by atoms with Crippen LogP contribution in [0.15, 0.2) is 0 Å². The monoisotopic (exact) mass is 296 g/mol. The third kappa shape index (κ3) is 5.22. The maximum atomic E-state index is 5.65. The van der Waals surface area contributed by atoms with E-state index in [1.807, 2.05) is 0 Å². The van der Waals surface area contributed by atoms with Crippen LogP contribution in [0.2, 0.25) is 0 Å². The molecular weight excluding hydrogens is 260 g/mol. The highest BCUT2D eigenvalue weighted by atomic mass is 16.5. The number of nitrogens with zero attached hydrogens (tertiary/aromatic N) is 1. The first kappa shape index (κ1) is 17.2. The minimum Gasteiger partial charge on any atom is -0.381 e. The molecule has 1 saturated heterocycles. The number of nitrogens with one attached hydrogen (secondary N) is 1. The van der Waals surface area contributed by atoms with E-state index in [-0.39, 0.29) is 0 Å². The largest absolute Gasteiger partial charge is 0.381 e. The molecule has 3 heteroatoms. The third-order valence-corrected chi connectivity index (χ3v) is 5.39. The van der Waals surface area contributed by atoms with Crippen molar-refractivity contribution in [1.82, 2.24) is 10.2 Å². The molecule has 0 aromatic rings. The van der Waals surface area contributed by atoms with Gasteiger partial charge >= 0.3 is 0 Å². The third-order valence-electron chi connectivity index (χ3n) is 5.39. The molecule has 1 saturated carbocycles. The van der Waals surface area contributed by atoms with Crippen molar-refractivity contribution in [1.29, 1.82) is 0 Å². The summed E-state index contributed by atoms with van der Waals surface area (Å²) in [5.74, 6) is 0.735. The Morgan fingerprint density at radius 3 is 2.43 bits per heavy atom. The molecule has 0 radical (unpaired) electrons. The SMILES string of the molecule is CCN(CC1(CNCC(C)C)CCOCC1)C1CCCC1. The summed E-state index contributed by atoms with van der Waals surface area (Å²) in [6.07, 6.45) is 8.15. The second kappa shape index (κ2) is 8.50. The van der Waals surface area contributed by atoms with Gasteiger partial charge in [0.15, 0.2) is 0 Å². The summed E-state index contributed by atoms with van der Waals surface area (Å²) >= 11 is 0. The molecule has 124 valence electrons. The molecule has 1 N–H and O–H groups in total. The molecule has 2 rings (SSSR count). The fourth-order valence-corrected chi connectivity index (χ4v) is 4.02. The predicted molar refractivity (Wildman–Crippen MR) is 89.7 cm³/mol. The van der Waals surface area contributed by atoms with Crippen molar-refractivity contribution in [3.63, 3.8) is 0 Å². The highest BCUT2D eigenvalue weighted by molar-refractivity contribution is 4.90. The summed E-state index contributed by atoms with van der Waals surface area (Å²) < 4.78 is 5.65. The summed E-state index contributed by atoms with van der Waals surface area (Å²) in [6.45, 7) is 13.6. The zero-order valence-electron chi connectivity index (χ0n) is 14.5. The molecular formula is C18H36N2O. The average molecular weight is 296 g/mol. The van der Waals surface area contributed by atoms with E-state index in [4.69, 9.17) is 4.74 Å². The summed E-state index contributed by atoms with van der Waals surface area (Å²) in [7, 11) is 0. The quantitative estimate of drug-likeness (QED) is 0.744. The van der Waals surface area contributed by atoms with Crippen molar-refractivity contribution in [3.8, 4) is 0 Å². The molecule has 1 aliphatic carbocycles. The van der Waals surface area contributed by atoms with Gasteiger partial charge in [0.1, 0.15) is 0 Å². The van der Waals surface area contributed by atoms with Gasteiger partial charge in [-0.15, -0.1) is 0 Å². The van der Waals surface area contributed by atoms with Gasteiger partial charge in [0.2, 0.25) is 0 Å². The highest BCUT2D eigenvalue weighted by Crippen LogP contribution is 2.34. The van der Waals surface area contributed by atoms with E-state index in [9.17, 15) is 0 Å². The standard InChI is InChI=1S/C18H36N2O/c1-4-20(17-7-5-6-8-17)15-18(9-11-21-12-10-18)14-19-13-16(2)3/h16-17,19H,4-15H2,1-3H3. The van der Waals surface area contributed by atoms with Crippen molar-refractivity contribution in [2.75, 3.05) is 39.4 Å². The molecule has 0 atom stereocenters. The van der Waals surface area contributed by atoms with Gasteiger partial charge in [-0.3, -0.25) is 0 Å². The Balaban J connectivity index is 1.93. The molecule has 2 fully saturated rings. The smallest absolute Gasteiger partial charge is 0.0472 e. The second-order valence-corrected chi connectivity index (χ2v) is 7.64. The van der Waals surface area contributed by atoms with Crippen molar-refractivity contribution in [2.24, 2.45) is 11.3 Å². The Kier molecular flexibility index (Phi) is 6.97.